The summed E-state index contributed by atoms with van der Waals surface area (Å²) in [5.74, 6) is -0.657. The summed E-state index contributed by atoms with van der Waals surface area (Å²) in [7, 11) is 2.51. The minimum atomic E-state index is -1.83. The molecule has 1 rings (SSSR count). The molecule has 0 atom stereocenters. The molecule has 1 aromatic heterocycles. The van der Waals surface area contributed by atoms with Gasteiger partial charge in [0.15, 0.2) is 0 Å². The molecule has 16 heavy (non-hydrogen) atoms. The highest BCUT2D eigenvalue weighted by molar-refractivity contribution is 5.59. The van der Waals surface area contributed by atoms with Gasteiger partial charge in [-0.3, -0.25) is 0 Å². The van der Waals surface area contributed by atoms with Crippen LogP contribution in [0.15, 0.2) is 26.2 Å². The first-order valence-electron chi connectivity index (χ1n) is 3.50. The van der Waals surface area contributed by atoms with Crippen LogP contribution in [0.1, 0.15) is 0 Å². The van der Waals surface area contributed by atoms with E-state index in [2.05, 4.69) is 18.3 Å². The number of carbonyl (C=O) groups is 2. The molecule has 9 heteroatoms. The molecule has 0 unspecified atom stereocenters. The number of hydrogen-bond acceptors (Lipinski definition) is 7. The maximum Gasteiger partial charge on any atom is 0.518 e. The SMILES string of the molecule is COC(=O)OC.O=C(O)O.O=c1occo1. The third kappa shape index (κ3) is 17.6. The number of carboxylic acid groups (broad SMARTS) is 2. The van der Waals surface area contributed by atoms with E-state index in [0.717, 1.165) is 0 Å². The van der Waals surface area contributed by atoms with Crippen LogP contribution in [0, 0.1) is 0 Å². The Morgan fingerprint density at radius 1 is 1.12 bits per heavy atom. The molecule has 0 saturated carbocycles. The van der Waals surface area contributed by atoms with E-state index in [1.807, 2.05) is 0 Å². The van der Waals surface area contributed by atoms with Gasteiger partial charge in [-0.2, -0.15) is 0 Å². The summed E-state index contributed by atoms with van der Waals surface area (Å²) >= 11 is 0. The summed E-state index contributed by atoms with van der Waals surface area (Å²) in [6.45, 7) is 0. The molecule has 0 spiro atoms. The first kappa shape index (κ1) is 16.0. The summed E-state index contributed by atoms with van der Waals surface area (Å²) < 4.78 is 16.3. The highest BCUT2D eigenvalue weighted by atomic mass is 16.7. The number of hydrogen-bond donors (Lipinski definition) is 2. The summed E-state index contributed by atoms with van der Waals surface area (Å²) in [5, 5.41) is 13.9. The molecule has 0 aromatic carbocycles. The zero-order valence-corrected chi connectivity index (χ0v) is 8.41. The Hall–Kier alpha value is -2.45. The van der Waals surface area contributed by atoms with Crippen molar-refractivity contribution in [1.82, 2.24) is 0 Å². The van der Waals surface area contributed by atoms with Crippen LogP contribution in [0.25, 0.3) is 0 Å². The van der Waals surface area contributed by atoms with Gasteiger partial charge in [-0.15, -0.1) is 0 Å². The van der Waals surface area contributed by atoms with E-state index in [9.17, 15) is 9.59 Å². The Kier molecular flexibility index (Phi) is 10.6. The number of ether oxygens (including phenoxy) is 2. The molecule has 1 aromatic rings. The monoisotopic (exact) mass is 238 g/mol. The topological polar surface area (TPSA) is 136 Å². The lowest BCUT2D eigenvalue weighted by atomic mass is 11.1. The number of rotatable bonds is 0. The molecular formula is C7H10O9. The zero-order chi connectivity index (χ0) is 13.0. The highest BCUT2D eigenvalue weighted by Crippen LogP contribution is 1.72. The highest BCUT2D eigenvalue weighted by Gasteiger charge is 1.88. The van der Waals surface area contributed by atoms with Gasteiger partial charge < -0.3 is 28.5 Å². The molecular weight excluding hydrogens is 228 g/mol. The van der Waals surface area contributed by atoms with Gasteiger partial charge in [0.1, 0.15) is 12.5 Å². The normalized spacial score (nSPS) is 7.38. The van der Waals surface area contributed by atoms with Crippen molar-refractivity contribution in [1.29, 1.82) is 0 Å². The third-order valence-corrected chi connectivity index (χ3v) is 0.717. The van der Waals surface area contributed by atoms with Crippen molar-refractivity contribution >= 4 is 12.3 Å². The molecule has 1 heterocycles. The molecule has 0 aliphatic heterocycles. The van der Waals surface area contributed by atoms with Gasteiger partial charge in [0.05, 0.1) is 14.2 Å². The first-order valence-corrected chi connectivity index (χ1v) is 3.50. The van der Waals surface area contributed by atoms with Crippen molar-refractivity contribution in [3.63, 3.8) is 0 Å². The molecule has 0 amide bonds. The minimum Gasteiger partial charge on any atom is -0.450 e. The molecule has 92 valence electrons. The Labute approximate surface area is 88.8 Å². The van der Waals surface area contributed by atoms with Crippen LogP contribution < -0.4 is 5.82 Å². The number of methoxy groups -OCH3 is 2. The Balaban J connectivity index is 0. The zero-order valence-electron chi connectivity index (χ0n) is 8.41. The lowest BCUT2D eigenvalue weighted by molar-refractivity contribution is 0.0924. The summed E-state index contributed by atoms with van der Waals surface area (Å²) in [6.07, 6.45) is -0.125. The van der Waals surface area contributed by atoms with Gasteiger partial charge in [-0.1, -0.05) is 0 Å². The standard InChI is InChI=1S/C3H2O3.C3H6O3.CH2O3/c4-3-5-1-2-6-3;1-5-3(4)6-2;2-1(3)4/h1-2H;1-2H3;(H2,2,3,4). The molecule has 0 aliphatic carbocycles. The summed E-state index contributed by atoms with van der Waals surface area (Å²) in [4.78, 5) is 28.0. The van der Waals surface area contributed by atoms with E-state index < -0.39 is 18.1 Å². The van der Waals surface area contributed by atoms with E-state index in [1.54, 1.807) is 0 Å². The fraction of sp³-hybridized carbons (Fsp3) is 0.286. The molecule has 0 radical (unpaired) electrons. The molecule has 0 aliphatic rings. The van der Waals surface area contributed by atoms with Crippen LogP contribution in [0.2, 0.25) is 0 Å². The maximum atomic E-state index is 9.74. The van der Waals surface area contributed by atoms with Crippen molar-refractivity contribution in [2.24, 2.45) is 0 Å². The average Bonchev–Trinajstić information content (AvgIpc) is 2.68. The van der Waals surface area contributed by atoms with Crippen LogP contribution in [0.5, 0.6) is 0 Å². The van der Waals surface area contributed by atoms with Crippen molar-refractivity contribution in [3.05, 3.63) is 23.1 Å². The van der Waals surface area contributed by atoms with Crippen molar-refractivity contribution in [2.45, 2.75) is 0 Å². The van der Waals surface area contributed by atoms with Crippen molar-refractivity contribution < 1.29 is 38.1 Å². The van der Waals surface area contributed by atoms with Crippen LogP contribution >= 0.6 is 0 Å². The second-order valence-electron chi connectivity index (χ2n) is 1.70. The molecule has 0 bridgehead atoms. The largest absolute Gasteiger partial charge is 0.518 e. The number of carbonyl (C=O) groups excluding carboxylic acids is 1. The third-order valence-electron chi connectivity index (χ3n) is 0.717. The Morgan fingerprint density at radius 2 is 1.44 bits per heavy atom. The van der Waals surface area contributed by atoms with Crippen LogP contribution in [0.4, 0.5) is 9.59 Å². The van der Waals surface area contributed by atoms with E-state index >= 15 is 0 Å². The van der Waals surface area contributed by atoms with E-state index in [4.69, 9.17) is 15.0 Å². The average molecular weight is 238 g/mol. The lowest BCUT2D eigenvalue weighted by Crippen LogP contribution is -1.97. The second-order valence-corrected chi connectivity index (χ2v) is 1.70. The summed E-state index contributed by atoms with van der Waals surface area (Å²) in [6, 6.07) is 0. The second kappa shape index (κ2) is 10.6. The van der Waals surface area contributed by atoms with Crippen LogP contribution in [-0.2, 0) is 9.47 Å². The van der Waals surface area contributed by atoms with Crippen molar-refractivity contribution in [3.8, 4) is 0 Å². The van der Waals surface area contributed by atoms with Gasteiger partial charge in [-0.25, -0.2) is 14.4 Å². The van der Waals surface area contributed by atoms with Gasteiger partial charge in [-0.05, 0) is 0 Å². The van der Waals surface area contributed by atoms with E-state index in [-0.39, 0.29) is 0 Å². The predicted octanol–water partition coefficient (Wildman–Crippen LogP) is 0.854. The van der Waals surface area contributed by atoms with Crippen LogP contribution in [-0.4, -0.2) is 36.7 Å². The Morgan fingerprint density at radius 3 is 1.50 bits per heavy atom. The minimum absolute atomic E-state index is 0.657. The smallest absolute Gasteiger partial charge is 0.450 e. The van der Waals surface area contributed by atoms with E-state index in [0.29, 0.717) is 0 Å². The van der Waals surface area contributed by atoms with Crippen molar-refractivity contribution in [2.75, 3.05) is 14.2 Å². The van der Waals surface area contributed by atoms with Gasteiger partial charge in [0.25, 0.3) is 0 Å². The van der Waals surface area contributed by atoms with Gasteiger partial charge in [0.2, 0.25) is 0 Å². The first-order chi connectivity index (χ1) is 7.43. The van der Waals surface area contributed by atoms with E-state index in [1.165, 1.54) is 26.7 Å². The Bertz CT molecular complexity index is 309. The quantitative estimate of drug-likeness (QED) is 0.630. The molecule has 0 fully saturated rings. The molecule has 0 saturated heterocycles. The fourth-order valence-electron chi connectivity index (χ4n) is 0.278. The van der Waals surface area contributed by atoms with Crippen LogP contribution in [0.3, 0.4) is 0 Å². The lowest BCUT2D eigenvalue weighted by Gasteiger charge is -1.89. The maximum absolute atomic E-state index is 9.74. The predicted molar refractivity (Wildman–Crippen MR) is 47.3 cm³/mol. The molecule has 2 N–H and O–H groups in total. The molecule has 9 nitrogen and oxygen atoms in total. The van der Waals surface area contributed by atoms with Gasteiger partial charge in [0, 0.05) is 0 Å². The van der Waals surface area contributed by atoms with Gasteiger partial charge >= 0.3 is 18.1 Å². The summed E-state index contributed by atoms with van der Waals surface area (Å²) in [5.41, 5.74) is 0. The fourth-order valence-corrected chi connectivity index (χ4v) is 0.278.